The van der Waals surface area contributed by atoms with E-state index in [-0.39, 0.29) is 5.91 Å². The van der Waals surface area contributed by atoms with Crippen LogP contribution in [0.2, 0.25) is 0 Å². The summed E-state index contributed by atoms with van der Waals surface area (Å²) in [6, 6.07) is 9.29. The quantitative estimate of drug-likeness (QED) is 0.797. The van der Waals surface area contributed by atoms with Crippen LogP contribution in [0.4, 0.5) is 5.69 Å². The maximum Gasteiger partial charge on any atom is 0.252 e. The van der Waals surface area contributed by atoms with Crippen molar-refractivity contribution < 1.29 is 4.79 Å². The van der Waals surface area contributed by atoms with Crippen molar-refractivity contribution >= 4 is 22.9 Å². The number of amides is 1. The van der Waals surface area contributed by atoms with Crippen molar-refractivity contribution in [3.8, 4) is 0 Å². The summed E-state index contributed by atoms with van der Waals surface area (Å²) in [7, 11) is 0. The van der Waals surface area contributed by atoms with Gasteiger partial charge < -0.3 is 11.1 Å². The first kappa shape index (κ1) is 10.7. The van der Waals surface area contributed by atoms with E-state index in [1.54, 1.807) is 6.07 Å². The number of hydrogen-bond donors (Lipinski definition) is 2. The van der Waals surface area contributed by atoms with Gasteiger partial charge in [-0.2, -0.15) is 11.3 Å². The molecule has 2 rings (SSSR count). The molecule has 2 aromatic rings. The number of carbonyl (C=O) groups excluding carboxylic acids is 1. The maximum absolute atomic E-state index is 11.6. The smallest absolute Gasteiger partial charge is 0.252 e. The van der Waals surface area contributed by atoms with Crippen LogP contribution in [0.5, 0.6) is 0 Å². The van der Waals surface area contributed by atoms with Crippen LogP contribution in [0, 0.1) is 0 Å². The number of rotatable bonds is 3. The second-order valence-electron chi connectivity index (χ2n) is 3.44. The molecule has 16 heavy (non-hydrogen) atoms. The fourth-order valence-electron chi connectivity index (χ4n) is 1.38. The largest absolute Gasteiger partial charge is 0.399 e. The molecule has 0 aliphatic carbocycles. The lowest BCUT2D eigenvalue weighted by Crippen LogP contribution is -2.22. The molecule has 4 heteroatoms. The molecule has 3 N–H and O–H groups in total. The zero-order valence-electron chi connectivity index (χ0n) is 8.64. The molecule has 0 spiro atoms. The average molecular weight is 232 g/mol. The predicted molar refractivity (Wildman–Crippen MR) is 66.3 cm³/mol. The lowest BCUT2D eigenvalue weighted by atomic mass is 10.2. The van der Waals surface area contributed by atoms with Crippen molar-refractivity contribution in [1.29, 1.82) is 0 Å². The van der Waals surface area contributed by atoms with Gasteiger partial charge in [0.25, 0.3) is 5.91 Å². The number of benzene rings is 1. The molecule has 1 heterocycles. The van der Waals surface area contributed by atoms with E-state index in [4.69, 9.17) is 5.73 Å². The summed E-state index contributed by atoms with van der Waals surface area (Å²) in [5, 5.41) is 6.55. The zero-order chi connectivity index (χ0) is 11.4. The summed E-state index contributed by atoms with van der Waals surface area (Å²) in [5.41, 5.74) is 8.06. The van der Waals surface area contributed by atoms with Crippen LogP contribution in [0.15, 0.2) is 41.1 Å². The summed E-state index contributed by atoms with van der Waals surface area (Å²) < 4.78 is 0. The minimum absolute atomic E-state index is 0.0522. The molecule has 0 saturated carbocycles. The molecule has 82 valence electrons. The summed E-state index contributed by atoms with van der Waals surface area (Å²) in [6.07, 6.45) is 0. The van der Waals surface area contributed by atoms with Gasteiger partial charge in [0.15, 0.2) is 0 Å². The first-order chi connectivity index (χ1) is 7.75. The maximum atomic E-state index is 11.6. The molecule has 1 amide bonds. The fraction of sp³-hybridized carbons (Fsp3) is 0.0833. The Bertz CT molecular complexity index is 480. The van der Waals surface area contributed by atoms with Crippen molar-refractivity contribution in [2.45, 2.75) is 6.54 Å². The molecule has 0 unspecified atom stereocenters. The first-order valence-electron chi connectivity index (χ1n) is 4.90. The summed E-state index contributed by atoms with van der Waals surface area (Å²) in [4.78, 5) is 11.6. The standard InChI is InChI=1S/C12H12N2OS/c13-11-3-1-2-9(6-11)7-14-12(15)10-4-5-16-8-10/h1-6,8H,7,13H2,(H,14,15). The van der Waals surface area contributed by atoms with E-state index in [0.717, 1.165) is 5.56 Å². The van der Waals surface area contributed by atoms with Gasteiger partial charge >= 0.3 is 0 Å². The number of anilines is 1. The molecular weight excluding hydrogens is 220 g/mol. The van der Waals surface area contributed by atoms with E-state index >= 15 is 0 Å². The topological polar surface area (TPSA) is 55.1 Å². The summed E-state index contributed by atoms with van der Waals surface area (Å²) in [5.74, 6) is -0.0522. The van der Waals surface area contributed by atoms with Crippen LogP contribution >= 0.6 is 11.3 Å². The Kier molecular flexibility index (Phi) is 3.22. The van der Waals surface area contributed by atoms with Crippen molar-refractivity contribution in [1.82, 2.24) is 5.32 Å². The molecule has 0 atom stereocenters. The molecule has 1 aromatic heterocycles. The van der Waals surface area contributed by atoms with E-state index in [2.05, 4.69) is 5.32 Å². The SMILES string of the molecule is Nc1cccc(CNC(=O)c2ccsc2)c1. The first-order valence-corrected chi connectivity index (χ1v) is 5.85. The van der Waals surface area contributed by atoms with Gasteiger partial charge in [-0.05, 0) is 29.1 Å². The van der Waals surface area contributed by atoms with E-state index in [1.165, 1.54) is 11.3 Å². The van der Waals surface area contributed by atoms with Crippen LogP contribution in [0.25, 0.3) is 0 Å². The zero-order valence-corrected chi connectivity index (χ0v) is 9.46. The van der Waals surface area contributed by atoms with Gasteiger partial charge in [-0.1, -0.05) is 12.1 Å². The number of nitrogen functional groups attached to an aromatic ring is 1. The number of nitrogens with two attached hydrogens (primary N) is 1. The molecule has 1 aromatic carbocycles. The van der Waals surface area contributed by atoms with Crippen LogP contribution in [0.3, 0.4) is 0 Å². The van der Waals surface area contributed by atoms with Gasteiger partial charge in [0.2, 0.25) is 0 Å². The summed E-state index contributed by atoms with van der Waals surface area (Å²) in [6.45, 7) is 0.500. The van der Waals surface area contributed by atoms with Crippen LogP contribution in [-0.4, -0.2) is 5.91 Å². The van der Waals surface area contributed by atoms with E-state index in [0.29, 0.717) is 17.8 Å². The second kappa shape index (κ2) is 4.81. The van der Waals surface area contributed by atoms with Crippen molar-refractivity contribution in [3.63, 3.8) is 0 Å². The summed E-state index contributed by atoms with van der Waals surface area (Å²) >= 11 is 1.51. The van der Waals surface area contributed by atoms with Gasteiger partial charge in [-0.15, -0.1) is 0 Å². The Morgan fingerprint density at radius 3 is 2.94 bits per heavy atom. The highest BCUT2D eigenvalue weighted by Gasteiger charge is 2.04. The minimum atomic E-state index is -0.0522. The highest BCUT2D eigenvalue weighted by atomic mass is 32.1. The number of carbonyl (C=O) groups is 1. The van der Waals surface area contributed by atoms with Crippen molar-refractivity contribution in [3.05, 3.63) is 52.2 Å². The molecule has 0 aliphatic heterocycles. The normalized spacial score (nSPS) is 10.0. The van der Waals surface area contributed by atoms with E-state index < -0.39 is 0 Å². The number of thiophene rings is 1. The third-order valence-electron chi connectivity index (χ3n) is 2.19. The number of nitrogens with one attached hydrogen (secondary N) is 1. The fourth-order valence-corrected chi connectivity index (χ4v) is 2.02. The Balaban J connectivity index is 1.95. The lowest BCUT2D eigenvalue weighted by molar-refractivity contribution is 0.0951. The molecule has 0 fully saturated rings. The monoisotopic (exact) mass is 232 g/mol. The molecule has 0 radical (unpaired) electrons. The second-order valence-corrected chi connectivity index (χ2v) is 4.22. The van der Waals surface area contributed by atoms with E-state index in [9.17, 15) is 4.79 Å². The third-order valence-corrected chi connectivity index (χ3v) is 2.87. The predicted octanol–water partition coefficient (Wildman–Crippen LogP) is 2.26. The highest BCUT2D eigenvalue weighted by molar-refractivity contribution is 7.08. The molecule has 0 aliphatic rings. The van der Waals surface area contributed by atoms with Gasteiger partial charge in [0.1, 0.15) is 0 Å². The van der Waals surface area contributed by atoms with Crippen LogP contribution in [-0.2, 0) is 6.54 Å². The highest BCUT2D eigenvalue weighted by Crippen LogP contribution is 2.08. The Hall–Kier alpha value is -1.81. The molecule has 0 saturated heterocycles. The number of hydrogen-bond acceptors (Lipinski definition) is 3. The Morgan fingerprint density at radius 1 is 1.38 bits per heavy atom. The van der Waals surface area contributed by atoms with Crippen molar-refractivity contribution in [2.24, 2.45) is 0 Å². The Morgan fingerprint density at radius 2 is 2.25 bits per heavy atom. The van der Waals surface area contributed by atoms with Gasteiger partial charge in [-0.3, -0.25) is 4.79 Å². The Labute approximate surface area is 97.9 Å². The van der Waals surface area contributed by atoms with Gasteiger partial charge in [-0.25, -0.2) is 0 Å². The van der Waals surface area contributed by atoms with Crippen LogP contribution in [0.1, 0.15) is 15.9 Å². The van der Waals surface area contributed by atoms with Gasteiger partial charge in [0.05, 0.1) is 0 Å². The third kappa shape index (κ3) is 2.61. The minimum Gasteiger partial charge on any atom is -0.399 e. The average Bonchev–Trinajstić information content (AvgIpc) is 2.79. The lowest BCUT2D eigenvalue weighted by Gasteiger charge is -2.04. The van der Waals surface area contributed by atoms with E-state index in [1.807, 2.05) is 35.0 Å². The molecular formula is C12H12N2OS. The van der Waals surface area contributed by atoms with Crippen LogP contribution < -0.4 is 11.1 Å². The van der Waals surface area contributed by atoms with Gasteiger partial charge in [0, 0.05) is 23.2 Å². The molecule has 3 nitrogen and oxygen atoms in total. The molecule has 0 bridgehead atoms. The van der Waals surface area contributed by atoms with Crippen molar-refractivity contribution in [2.75, 3.05) is 5.73 Å².